The first-order chi connectivity index (χ1) is 3.68. The third kappa shape index (κ3) is 2.58. The van der Waals surface area contributed by atoms with Crippen molar-refractivity contribution in [2.24, 2.45) is 11.7 Å². The van der Waals surface area contributed by atoms with E-state index in [0.29, 0.717) is 12.3 Å². The molecule has 1 unspecified atom stereocenters. The lowest BCUT2D eigenvalue weighted by atomic mass is 10.2. The first kappa shape index (κ1) is 7.43. The first-order valence-corrected chi connectivity index (χ1v) is 2.63. The van der Waals surface area contributed by atoms with Gasteiger partial charge in [0.25, 0.3) is 0 Å². The lowest BCUT2D eigenvalue weighted by molar-refractivity contribution is -0.110. The van der Waals surface area contributed by atoms with E-state index in [2.05, 4.69) is 5.32 Å². The molecule has 0 saturated carbocycles. The summed E-state index contributed by atoms with van der Waals surface area (Å²) >= 11 is 0. The molecule has 0 saturated heterocycles. The Morgan fingerprint density at radius 2 is 2.12 bits per heavy atom. The van der Waals surface area contributed by atoms with Crippen LogP contribution < -0.4 is 11.1 Å². The lowest BCUT2D eigenvalue weighted by Crippen LogP contribution is -2.40. The summed E-state index contributed by atoms with van der Waals surface area (Å²) in [6, 6.07) is 0. The molecule has 3 heteroatoms. The van der Waals surface area contributed by atoms with Gasteiger partial charge in [0.15, 0.2) is 0 Å². The minimum absolute atomic E-state index is 0.201. The number of rotatable bonds is 3. The molecule has 0 aliphatic heterocycles. The largest absolute Gasteiger partial charge is 0.343 e. The molecule has 0 heterocycles. The first-order valence-electron chi connectivity index (χ1n) is 2.63. The maximum atomic E-state index is 9.73. The van der Waals surface area contributed by atoms with Crippen molar-refractivity contribution in [3.8, 4) is 0 Å². The van der Waals surface area contributed by atoms with Gasteiger partial charge >= 0.3 is 0 Å². The van der Waals surface area contributed by atoms with Crippen LogP contribution in [0.1, 0.15) is 13.8 Å². The van der Waals surface area contributed by atoms with Gasteiger partial charge in [-0.3, -0.25) is 4.79 Å². The normalized spacial score (nSPS) is 13.5. The Bertz CT molecular complexity index is 72.8. The van der Waals surface area contributed by atoms with Crippen LogP contribution in [0.25, 0.3) is 0 Å². The molecule has 0 spiro atoms. The second kappa shape index (κ2) is 3.43. The van der Waals surface area contributed by atoms with Crippen molar-refractivity contribution < 1.29 is 4.79 Å². The zero-order chi connectivity index (χ0) is 6.57. The van der Waals surface area contributed by atoms with Gasteiger partial charge in [-0.1, -0.05) is 13.8 Å². The van der Waals surface area contributed by atoms with E-state index in [-0.39, 0.29) is 6.17 Å². The minimum atomic E-state index is -0.201. The number of nitrogens with two attached hydrogens (primary N) is 1. The molecule has 8 heavy (non-hydrogen) atoms. The Hall–Kier alpha value is -0.570. The highest BCUT2D eigenvalue weighted by Crippen LogP contribution is 1.91. The number of carbonyl (C=O) groups is 1. The van der Waals surface area contributed by atoms with Crippen molar-refractivity contribution >= 4 is 6.41 Å². The summed E-state index contributed by atoms with van der Waals surface area (Å²) in [6.07, 6.45) is 0.414. The summed E-state index contributed by atoms with van der Waals surface area (Å²) in [4.78, 5) is 9.73. The number of nitrogens with one attached hydrogen (secondary N) is 1. The molecule has 1 atom stereocenters. The van der Waals surface area contributed by atoms with Gasteiger partial charge in [0, 0.05) is 0 Å². The van der Waals surface area contributed by atoms with Gasteiger partial charge in [-0.15, -0.1) is 0 Å². The second-order valence-corrected chi connectivity index (χ2v) is 2.05. The van der Waals surface area contributed by atoms with Gasteiger partial charge in [-0.2, -0.15) is 0 Å². The summed E-state index contributed by atoms with van der Waals surface area (Å²) in [5.41, 5.74) is 5.38. The van der Waals surface area contributed by atoms with Crippen molar-refractivity contribution in [3.63, 3.8) is 0 Å². The highest BCUT2D eigenvalue weighted by molar-refractivity contribution is 5.46. The molecule has 0 aromatic heterocycles. The molecule has 0 aliphatic carbocycles. The molecular weight excluding hydrogens is 104 g/mol. The molecule has 0 aliphatic rings. The molecule has 0 rings (SSSR count). The molecular formula is C5H12N2O. The van der Waals surface area contributed by atoms with E-state index in [0.717, 1.165) is 0 Å². The fourth-order valence-electron chi connectivity index (χ4n) is 0.271. The van der Waals surface area contributed by atoms with Crippen LogP contribution in [0, 0.1) is 5.92 Å². The molecule has 0 aromatic carbocycles. The average molecular weight is 116 g/mol. The molecule has 3 N–H and O–H groups in total. The zero-order valence-electron chi connectivity index (χ0n) is 5.22. The standard InChI is InChI=1S/C5H12N2O/c1-4(2)5(6)7-3-8/h3-5H,6H2,1-2H3,(H,7,8). The van der Waals surface area contributed by atoms with Gasteiger partial charge in [-0.25, -0.2) is 0 Å². The van der Waals surface area contributed by atoms with Gasteiger partial charge in [-0.05, 0) is 5.92 Å². The van der Waals surface area contributed by atoms with Crippen LogP contribution in [0.3, 0.4) is 0 Å². The average Bonchev–Trinajstić information content (AvgIpc) is 1.67. The van der Waals surface area contributed by atoms with E-state index >= 15 is 0 Å². The molecule has 0 radical (unpaired) electrons. The van der Waals surface area contributed by atoms with E-state index in [1.54, 1.807) is 0 Å². The quantitative estimate of drug-likeness (QED) is 0.392. The van der Waals surface area contributed by atoms with E-state index in [1.807, 2.05) is 13.8 Å². The summed E-state index contributed by atoms with van der Waals surface area (Å²) in [5.74, 6) is 0.306. The molecule has 0 aromatic rings. The number of hydrogen-bond donors (Lipinski definition) is 2. The van der Waals surface area contributed by atoms with Crippen LogP contribution in [-0.2, 0) is 4.79 Å². The fourth-order valence-corrected chi connectivity index (χ4v) is 0.271. The monoisotopic (exact) mass is 116 g/mol. The predicted molar refractivity (Wildman–Crippen MR) is 32.0 cm³/mol. The zero-order valence-corrected chi connectivity index (χ0v) is 5.22. The molecule has 48 valence electrons. The molecule has 1 amide bonds. The fraction of sp³-hybridized carbons (Fsp3) is 0.800. The Labute approximate surface area is 49.3 Å². The maximum absolute atomic E-state index is 9.73. The van der Waals surface area contributed by atoms with E-state index in [1.165, 1.54) is 0 Å². The van der Waals surface area contributed by atoms with E-state index < -0.39 is 0 Å². The van der Waals surface area contributed by atoms with Crippen molar-refractivity contribution in [1.29, 1.82) is 0 Å². The SMILES string of the molecule is CC(C)C(N)NC=O. The van der Waals surface area contributed by atoms with Gasteiger partial charge in [0.1, 0.15) is 0 Å². The van der Waals surface area contributed by atoms with Crippen LogP contribution >= 0.6 is 0 Å². The lowest BCUT2D eigenvalue weighted by Gasteiger charge is -2.12. The second-order valence-electron chi connectivity index (χ2n) is 2.05. The number of amides is 1. The van der Waals surface area contributed by atoms with Crippen LogP contribution in [0.4, 0.5) is 0 Å². The van der Waals surface area contributed by atoms with Crippen LogP contribution in [0.5, 0.6) is 0 Å². The Morgan fingerprint density at radius 3 is 2.25 bits per heavy atom. The number of carbonyl (C=O) groups excluding carboxylic acids is 1. The molecule has 0 bridgehead atoms. The van der Waals surface area contributed by atoms with Crippen molar-refractivity contribution in [3.05, 3.63) is 0 Å². The smallest absolute Gasteiger partial charge is 0.208 e. The highest BCUT2D eigenvalue weighted by Gasteiger charge is 2.02. The summed E-state index contributed by atoms with van der Waals surface area (Å²) in [5, 5.41) is 2.44. The molecule has 0 fully saturated rings. The van der Waals surface area contributed by atoms with Gasteiger partial charge in [0.2, 0.25) is 6.41 Å². The summed E-state index contributed by atoms with van der Waals surface area (Å²) in [6.45, 7) is 3.89. The maximum Gasteiger partial charge on any atom is 0.208 e. The predicted octanol–water partition coefficient (Wildman–Crippen LogP) is -0.327. The molecule has 3 nitrogen and oxygen atoms in total. The topological polar surface area (TPSA) is 55.1 Å². The van der Waals surface area contributed by atoms with E-state index in [9.17, 15) is 4.79 Å². The third-order valence-electron chi connectivity index (χ3n) is 0.979. The van der Waals surface area contributed by atoms with E-state index in [4.69, 9.17) is 5.73 Å². The van der Waals surface area contributed by atoms with Crippen LogP contribution in [0.2, 0.25) is 0 Å². The van der Waals surface area contributed by atoms with Crippen LogP contribution in [0.15, 0.2) is 0 Å². The number of hydrogen-bond acceptors (Lipinski definition) is 2. The van der Waals surface area contributed by atoms with Gasteiger partial charge < -0.3 is 11.1 Å². The Morgan fingerprint density at radius 1 is 1.62 bits per heavy atom. The van der Waals surface area contributed by atoms with Crippen LogP contribution in [-0.4, -0.2) is 12.6 Å². The highest BCUT2D eigenvalue weighted by atomic mass is 16.1. The third-order valence-corrected chi connectivity index (χ3v) is 0.979. The van der Waals surface area contributed by atoms with Crippen molar-refractivity contribution in [2.75, 3.05) is 0 Å². The summed E-state index contributed by atoms with van der Waals surface area (Å²) in [7, 11) is 0. The van der Waals surface area contributed by atoms with Crippen molar-refractivity contribution in [1.82, 2.24) is 5.32 Å². The Balaban J connectivity index is 3.30. The summed E-state index contributed by atoms with van der Waals surface area (Å²) < 4.78 is 0. The van der Waals surface area contributed by atoms with Gasteiger partial charge in [0.05, 0.1) is 6.17 Å². The van der Waals surface area contributed by atoms with Crippen molar-refractivity contribution in [2.45, 2.75) is 20.0 Å². The minimum Gasteiger partial charge on any atom is -0.343 e. The Kier molecular flexibility index (Phi) is 3.19.